The van der Waals surface area contributed by atoms with Gasteiger partial charge in [-0.05, 0) is 29.5 Å². The molecule has 2 amide bonds. The Hall–Kier alpha value is -2.12. The van der Waals surface area contributed by atoms with Crippen molar-refractivity contribution in [1.82, 2.24) is 15.1 Å². The first-order chi connectivity index (χ1) is 12.5. The van der Waals surface area contributed by atoms with Crippen molar-refractivity contribution in [2.75, 3.05) is 26.2 Å². The Morgan fingerprint density at radius 3 is 2.54 bits per heavy atom. The molecule has 140 valence electrons. The van der Waals surface area contributed by atoms with Gasteiger partial charge in [0, 0.05) is 26.2 Å². The molecule has 0 aromatic carbocycles. The van der Waals surface area contributed by atoms with Gasteiger partial charge in [-0.25, -0.2) is 0 Å². The van der Waals surface area contributed by atoms with Gasteiger partial charge in [0.2, 0.25) is 5.91 Å². The molecule has 0 unspecified atom stereocenters. The number of carbonyl (C=O) groups excluding carboxylic acids is 2. The monoisotopic (exact) mass is 375 g/mol. The number of thiophene rings is 1. The second-order valence-electron chi connectivity index (χ2n) is 6.85. The second kappa shape index (κ2) is 8.51. The fourth-order valence-corrected chi connectivity index (χ4v) is 3.71. The van der Waals surface area contributed by atoms with Crippen LogP contribution in [0.15, 0.2) is 40.3 Å². The van der Waals surface area contributed by atoms with Crippen molar-refractivity contribution in [2.24, 2.45) is 5.92 Å². The van der Waals surface area contributed by atoms with Gasteiger partial charge in [-0.1, -0.05) is 19.9 Å². The lowest BCUT2D eigenvalue weighted by molar-refractivity contribution is -0.136. The van der Waals surface area contributed by atoms with Crippen LogP contribution in [0.1, 0.15) is 29.3 Å². The third-order valence-corrected chi connectivity index (χ3v) is 5.48. The van der Waals surface area contributed by atoms with Crippen molar-refractivity contribution in [3.63, 3.8) is 0 Å². The number of hydrogen-bond acceptors (Lipinski definition) is 5. The molecule has 0 saturated carbocycles. The Labute approximate surface area is 157 Å². The Morgan fingerprint density at radius 2 is 1.96 bits per heavy atom. The molecular formula is C19H25N3O3S. The zero-order valence-corrected chi connectivity index (χ0v) is 16.0. The fourth-order valence-electron chi connectivity index (χ4n) is 3.08. The average Bonchev–Trinajstić information content (AvgIpc) is 3.33. The molecule has 6 nitrogen and oxygen atoms in total. The number of hydrogen-bond donors (Lipinski definition) is 1. The zero-order valence-electron chi connectivity index (χ0n) is 15.2. The molecule has 1 atom stereocenters. The van der Waals surface area contributed by atoms with E-state index in [-0.39, 0.29) is 17.7 Å². The molecule has 1 fully saturated rings. The maximum absolute atomic E-state index is 12.9. The molecule has 1 aliphatic rings. The van der Waals surface area contributed by atoms with Crippen LogP contribution in [0.2, 0.25) is 0 Å². The number of nitrogens with zero attached hydrogens (tertiary/aromatic N) is 2. The fraction of sp³-hybridized carbons (Fsp3) is 0.474. The lowest BCUT2D eigenvalue weighted by atomic mass is 10.0. The van der Waals surface area contributed by atoms with Crippen molar-refractivity contribution in [3.05, 3.63) is 46.5 Å². The third-order valence-electron chi connectivity index (χ3n) is 4.61. The van der Waals surface area contributed by atoms with E-state index in [9.17, 15) is 9.59 Å². The first kappa shape index (κ1) is 18.7. The summed E-state index contributed by atoms with van der Waals surface area (Å²) in [5, 5.41) is 4.78. The van der Waals surface area contributed by atoms with E-state index < -0.39 is 6.04 Å². The largest absolute Gasteiger partial charge is 0.468 e. The number of piperazine rings is 1. The minimum atomic E-state index is -0.499. The SMILES string of the molecule is CC(C)[C@@H](NC(=O)c1cccs1)C(=O)N1CCN(Cc2ccco2)CC1. The van der Waals surface area contributed by atoms with E-state index in [0.717, 1.165) is 25.4 Å². The van der Waals surface area contributed by atoms with Crippen molar-refractivity contribution in [2.45, 2.75) is 26.4 Å². The smallest absolute Gasteiger partial charge is 0.262 e. The number of amides is 2. The van der Waals surface area contributed by atoms with E-state index >= 15 is 0 Å². The van der Waals surface area contributed by atoms with Gasteiger partial charge >= 0.3 is 0 Å². The molecule has 26 heavy (non-hydrogen) atoms. The Morgan fingerprint density at radius 1 is 1.19 bits per heavy atom. The second-order valence-corrected chi connectivity index (χ2v) is 7.80. The molecule has 3 heterocycles. The summed E-state index contributed by atoms with van der Waals surface area (Å²) in [4.78, 5) is 30.1. The van der Waals surface area contributed by atoms with Crippen LogP contribution in [0, 0.1) is 5.92 Å². The van der Waals surface area contributed by atoms with Crippen LogP contribution in [-0.4, -0.2) is 53.8 Å². The summed E-state index contributed by atoms with van der Waals surface area (Å²) in [7, 11) is 0. The molecule has 0 bridgehead atoms. The quantitative estimate of drug-likeness (QED) is 0.842. The Kier molecular flexibility index (Phi) is 6.11. The summed E-state index contributed by atoms with van der Waals surface area (Å²) in [6.07, 6.45) is 1.68. The van der Waals surface area contributed by atoms with E-state index in [1.165, 1.54) is 11.3 Å². The van der Waals surface area contributed by atoms with Crippen molar-refractivity contribution < 1.29 is 14.0 Å². The summed E-state index contributed by atoms with van der Waals surface area (Å²) >= 11 is 1.38. The molecule has 7 heteroatoms. The molecule has 0 aliphatic carbocycles. The highest BCUT2D eigenvalue weighted by molar-refractivity contribution is 7.12. The van der Waals surface area contributed by atoms with E-state index in [1.807, 2.05) is 42.3 Å². The standard InChI is InChI=1S/C19H25N3O3S/c1-14(2)17(20-18(23)16-6-4-12-26-16)19(24)22-9-7-21(8-10-22)13-15-5-3-11-25-15/h3-6,11-12,14,17H,7-10,13H2,1-2H3,(H,20,23)/t17-/m1/s1. The molecule has 2 aromatic heterocycles. The average molecular weight is 375 g/mol. The van der Waals surface area contributed by atoms with Crippen LogP contribution >= 0.6 is 11.3 Å². The lowest BCUT2D eigenvalue weighted by Crippen LogP contribution is -2.56. The maximum atomic E-state index is 12.9. The minimum Gasteiger partial charge on any atom is -0.468 e. The molecular weight excluding hydrogens is 350 g/mol. The van der Waals surface area contributed by atoms with Crippen molar-refractivity contribution >= 4 is 23.2 Å². The van der Waals surface area contributed by atoms with Gasteiger partial charge in [0.15, 0.2) is 0 Å². The van der Waals surface area contributed by atoms with Crippen LogP contribution in [0.25, 0.3) is 0 Å². The molecule has 0 radical (unpaired) electrons. The summed E-state index contributed by atoms with van der Waals surface area (Å²) in [6, 6.07) is 6.96. The summed E-state index contributed by atoms with van der Waals surface area (Å²) in [5.41, 5.74) is 0. The first-order valence-electron chi connectivity index (χ1n) is 8.92. The normalized spacial score (nSPS) is 16.7. The molecule has 0 spiro atoms. The summed E-state index contributed by atoms with van der Waals surface area (Å²) < 4.78 is 5.39. The van der Waals surface area contributed by atoms with Gasteiger partial charge in [0.25, 0.3) is 5.91 Å². The number of carbonyl (C=O) groups is 2. The molecule has 1 aliphatic heterocycles. The maximum Gasteiger partial charge on any atom is 0.262 e. The number of nitrogens with one attached hydrogen (secondary N) is 1. The third kappa shape index (κ3) is 4.53. The van der Waals surface area contributed by atoms with E-state index in [1.54, 1.807) is 12.3 Å². The predicted molar refractivity (Wildman–Crippen MR) is 101 cm³/mol. The van der Waals surface area contributed by atoms with Crippen molar-refractivity contribution in [3.8, 4) is 0 Å². The van der Waals surface area contributed by atoms with Crippen LogP contribution in [0.5, 0.6) is 0 Å². The van der Waals surface area contributed by atoms with Crippen LogP contribution in [0.3, 0.4) is 0 Å². The van der Waals surface area contributed by atoms with Gasteiger partial charge in [0.05, 0.1) is 17.7 Å². The summed E-state index contributed by atoms with van der Waals surface area (Å²) in [6.45, 7) is 7.62. The Balaban J connectivity index is 1.55. The van der Waals surface area contributed by atoms with E-state index in [4.69, 9.17) is 4.42 Å². The lowest BCUT2D eigenvalue weighted by Gasteiger charge is -2.37. The molecule has 2 aromatic rings. The van der Waals surface area contributed by atoms with Gasteiger partial charge in [0.1, 0.15) is 11.8 Å². The summed E-state index contributed by atoms with van der Waals surface area (Å²) in [5.74, 6) is 0.798. The molecule has 3 rings (SSSR count). The van der Waals surface area contributed by atoms with Crippen LogP contribution in [0.4, 0.5) is 0 Å². The highest BCUT2D eigenvalue weighted by atomic mass is 32.1. The van der Waals surface area contributed by atoms with Gasteiger partial charge in [-0.15, -0.1) is 11.3 Å². The van der Waals surface area contributed by atoms with Crippen LogP contribution in [-0.2, 0) is 11.3 Å². The van der Waals surface area contributed by atoms with E-state index in [0.29, 0.717) is 18.0 Å². The predicted octanol–water partition coefficient (Wildman–Crippen LogP) is 2.44. The highest BCUT2D eigenvalue weighted by Crippen LogP contribution is 2.14. The van der Waals surface area contributed by atoms with Crippen molar-refractivity contribution in [1.29, 1.82) is 0 Å². The van der Waals surface area contributed by atoms with Gasteiger partial charge in [-0.3, -0.25) is 14.5 Å². The minimum absolute atomic E-state index is 0.00237. The zero-order chi connectivity index (χ0) is 18.5. The van der Waals surface area contributed by atoms with Gasteiger partial charge < -0.3 is 14.6 Å². The number of rotatable bonds is 6. The Bertz CT molecular complexity index is 704. The first-order valence-corrected chi connectivity index (χ1v) is 9.80. The van der Waals surface area contributed by atoms with Crippen LogP contribution < -0.4 is 5.32 Å². The topological polar surface area (TPSA) is 65.8 Å². The molecule has 1 N–H and O–H groups in total. The van der Waals surface area contributed by atoms with E-state index in [2.05, 4.69) is 10.2 Å². The van der Waals surface area contributed by atoms with Gasteiger partial charge in [-0.2, -0.15) is 0 Å². The highest BCUT2D eigenvalue weighted by Gasteiger charge is 2.31. The molecule has 1 saturated heterocycles. The number of furan rings is 1.